The number of nitrogens with two attached hydrogens (primary N) is 1. The number of hydrogen-bond acceptors (Lipinski definition) is 13. The van der Waals surface area contributed by atoms with Crippen LogP contribution in [-0.2, 0) is 23.9 Å². The van der Waals surface area contributed by atoms with Crippen molar-refractivity contribution in [3.8, 4) is 22.3 Å². The van der Waals surface area contributed by atoms with Crippen molar-refractivity contribution in [3.05, 3.63) is 99.6 Å². The van der Waals surface area contributed by atoms with Gasteiger partial charge < -0.3 is 46.1 Å². The average molecular weight is 1080 g/mol. The number of nitrogens with zero attached hydrogens (tertiary/aromatic N) is 3. The van der Waals surface area contributed by atoms with E-state index in [4.69, 9.17) is 31.5 Å². The minimum atomic E-state index is -0.844. The van der Waals surface area contributed by atoms with Crippen molar-refractivity contribution in [2.75, 3.05) is 44.7 Å². The standard InChI is InChI=1S/C59H81ClN8O7S/c1-37(16-12-13-27-61)54(72)74-47-30-45(33-64-38(2)40-17-19-41(20-18-40)50-39(3)65-36-76-50)68(34-47)53(71)51(57(4,5)6)66-49(69)35-73-29-15-11-14-28-63-44-24-21-42(22-25-44)52(70)67-55-58(7,8)56(59(55,9)10)75-46-26-23-43(32-62)48(60)31-46/h17-26,31,36-38,45,47,51,55-56,63-64H,11-16,27-30,33-35,61H2,1-10H3,(H,66,69)(H,67,70)/t37-,38-,45-,47+,51+,55?,56?/m0/s1. The van der Waals surface area contributed by atoms with Gasteiger partial charge in [0.25, 0.3) is 5.91 Å². The van der Waals surface area contributed by atoms with Gasteiger partial charge in [0.15, 0.2) is 0 Å². The van der Waals surface area contributed by atoms with E-state index in [1.54, 1.807) is 34.4 Å². The average Bonchev–Trinajstić information content (AvgIpc) is 4.01. The summed E-state index contributed by atoms with van der Waals surface area (Å²) in [6.45, 7) is 22.3. The fraction of sp³-hybridized carbons (Fsp3) is 0.559. The van der Waals surface area contributed by atoms with Crippen LogP contribution in [0.3, 0.4) is 0 Å². The zero-order valence-corrected chi connectivity index (χ0v) is 47.8. The fourth-order valence-corrected chi connectivity index (χ4v) is 11.8. The third-order valence-corrected chi connectivity index (χ3v) is 16.3. The second kappa shape index (κ2) is 26.7. The molecule has 2 aliphatic rings. The normalized spacial score (nSPS) is 19.9. The van der Waals surface area contributed by atoms with E-state index in [9.17, 15) is 24.4 Å². The number of ether oxygens (including phenoxy) is 3. The minimum absolute atomic E-state index is 0.0238. The first-order valence-electron chi connectivity index (χ1n) is 26.9. The molecule has 5 atom stereocenters. The molecular weight excluding hydrogens is 1000 g/mol. The Morgan fingerprint density at radius 2 is 1.67 bits per heavy atom. The summed E-state index contributed by atoms with van der Waals surface area (Å²) in [7, 11) is 0. The largest absolute Gasteiger partial charge is 0.489 e. The molecule has 1 saturated carbocycles. The monoisotopic (exact) mass is 1080 g/mol. The second-order valence-corrected chi connectivity index (χ2v) is 24.2. The molecule has 3 aromatic carbocycles. The maximum atomic E-state index is 14.6. The summed E-state index contributed by atoms with van der Waals surface area (Å²) in [5.41, 5.74) is 11.2. The van der Waals surface area contributed by atoms with Crippen LogP contribution >= 0.6 is 22.9 Å². The highest BCUT2D eigenvalue weighted by molar-refractivity contribution is 7.13. The molecule has 0 radical (unpaired) electrons. The number of esters is 1. The number of rotatable bonds is 26. The Hall–Kier alpha value is -5.57. The van der Waals surface area contributed by atoms with Crippen LogP contribution in [0.25, 0.3) is 10.4 Å². The van der Waals surface area contributed by atoms with E-state index in [2.05, 4.69) is 91.2 Å². The first-order chi connectivity index (χ1) is 36.0. The first-order valence-corrected chi connectivity index (χ1v) is 28.1. The lowest BCUT2D eigenvalue weighted by atomic mass is 9.49. The van der Waals surface area contributed by atoms with Crippen molar-refractivity contribution in [2.24, 2.45) is 27.9 Å². The molecule has 1 aromatic heterocycles. The molecule has 1 aliphatic heterocycles. The van der Waals surface area contributed by atoms with Gasteiger partial charge >= 0.3 is 5.97 Å². The van der Waals surface area contributed by atoms with Crippen molar-refractivity contribution < 1.29 is 33.4 Å². The number of carbonyl (C=O) groups is 4. The molecule has 1 aliphatic carbocycles. The zero-order chi connectivity index (χ0) is 55.4. The summed E-state index contributed by atoms with van der Waals surface area (Å²) in [6, 6.07) is 21.7. The van der Waals surface area contributed by atoms with E-state index in [0.29, 0.717) is 54.4 Å². The Balaban J connectivity index is 0.934. The highest BCUT2D eigenvalue weighted by atomic mass is 35.5. The van der Waals surface area contributed by atoms with Crippen LogP contribution in [0.15, 0.2) is 72.2 Å². The molecule has 15 nitrogen and oxygen atoms in total. The van der Waals surface area contributed by atoms with Crippen molar-refractivity contribution in [3.63, 3.8) is 0 Å². The first kappa shape index (κ1) is 59.7. The molecule has 0 unspecified atom stereocenters. The molecule has 76 heavy (non-hydrogen) atoms. The lowest BCUT2D eigenvalue weighted by Crippen LogP contribution is -2.74. The van der Waals surface area contributed by atoms with Gasteiger partial charge in [-0.1, -0.05) is 97.7 Å². The van der Waals surface area contributed by atoms with E-state index in [1.807, 2.05) is 64.4 Å². The molecule has 17 heteroatoms. The van der Waals surface area contributed by atoms with Gasteiger partial charge in [0.05, 0.1) is 39.1 Å². The summed E-state index contributed by atoms with van der Waals surface area (Å²) < 4.78 is 18.2. The highest BCUT2D eigenvalue weighted by Crippen LogP contribution is 2.55. The van der Waals surface area contributed by atoms with Crippen LogP contribution in [0.5, 0.6) is 5.75 Å². The van der Waals surface area contributed by atoms with E-state index >= 15 is 0 Å². The number of likely N-dealkylation sites (tertiary alicyclic amines) is 1. The number of nitrogens with one attached hydrogen (secondary N) is 4. The highest BCUT2D eigenvalue weighted by Gasteiger charge is 2.64. The summed E-state index contributed by atoms with van der Waals surface area (Å²) in [4.78, 5) is 62.0. The molecule has 1 saturated heterocycles. The maximum Gasteiger partial charge on any atom is 0.308 e. The van der Waals surface area contributed by atoms with Gasteiger partial charge in [0.1, 0.15) is 36.7 Å². The predicted molar refractivity (Wildman–Crippen MR) is 301 cm³/mol. The van der Waals surface area contributed by atoms with Gasteiger partial charge in [-0.3, -0.25) is 19.2 Å². The molecule has 6 N–H and O–H groups in total. The van der Waals surface area contributed by atoms with Gasteiger partial charge in [0, 0.05) is 72.4 Å². The van der Waals surface area contributed by atoms with E-state index in [1.165, 1.54) is 0 Å². The molecular formula is C59H81ClN8O7S. The third-order valence-electron chi connectivity index (χ3n) is 15.0. The molecule has 2 heterocycles. The topological polar surface area (TPSA) is 210 Å². The van der Waals surface area contributed by atoms with Crippen molar-refractivity contribution in [1.29, 1.82) is 5.26 Å². The number of aromatic nitrogens is 1. The van der Waals surface area contributed by atoms with E-state index in [0.717, 1.165) is 66.0 Å². The quantitative estimate of drug-likeness (QED) is 0.0294. The Kier molecular flexibility index (Phi) is 20.9. The number of unbranched alkanes of at least 4 members (excludes halogenated alkanes) is 3. The van der Waals surface area contributed by atoms with Crippen LogP contribution in [0.2, 0.25) is 5.02 Å². The van der Waals surface area contributed by atoms with Crippen LogP contribution < -0.4 is 31.7 Å². The lowest BCUT2D eigenvalue weighted by Gasteiger charge is -2.63. The van der Waals surface area contributed by atoms with E-state index in [-0.39, 0.29) is 77.8 Å². The van der Waals surface area contributed by atoms with Gasteiger partial charge in [-0.25, -0.2) is 4.98 Å². The molecule has 6 rings (SSSR count). The lowest BCUT2D eigenvalue weighted by molar-refractivity contribution is -0.164. The zero-order valence-electron chi connectivity index (χ0n) is 46.2. The van der Waals surface area contributed by atoms with Crippen LogP contribution in [0.1, 0.15) is 140 Å². The number of nitriles is 1. The smallest absolute Gasteiger partial charge is 0.308 e. The number of aryl methyl sites for hydroxylation is 1. The molecule has 412 valence electrons. The van der Waals surface area contributed by atoms with E-state index < -0.39 is 17.6 Å². The number of halogens is 1. The van der Waals surface area contributed by atoms with Gasteiger partial charge in [-0.05, 0) is 105 Å². The van der Waals surface area contributed by atoms with Gasteiger partial charge in [0.2, 0.25) is 11.8 Å². The molecule has 3 amide bonds. The molecule has 0 spiro atoms. The number of anilines is 1. The van der Waals surface area contributed by atoms with Crippen molar-refractivity contribution in [1.82, 2.24) is 25.8 Å². The van der Waals surface area contributed by atoms with Crippen molar-refractivity contribution in [2.45, 2.75) is 151 Å². The number of thiazole rings is 1. The van der Waals surface area contributed by atoms with Crippen LogP contribution in [0, 0.1) is 40.4 Å². The van der Waals surface area contributed by atoms with Crippen LogP contribution in [-0.4, -0.2) is 103 Å². The van der Waals surface area contributed by atoms with Gasteiger partial charge in [-0.15, -0.1) is 11.3 Å². The number of hydrogen-bond donors (Lipinski definition) is 5. The minimum Gasteiger partial charge on any atom is -0.489 e. The Morgan fingerprint density at radius 1 is 0.961 bits per heavy atom. The number of amides is 3. The van der Waals surface area contributed by atoms with Crippen LogP contribution in [0.4, 0.5) is 5.69 Å². The summed E-state index contributed by atoms with van der Waals surface area (Å²) in [6.07, 6.45) is 4.65. The van der Waals surface area contributed by atoms with Gasteiger partial charge in [-0.2, -0.15) is 5.26 Å². The Morgan fingerprint density at radius 3 is 2.30 bits per heavy atom. The Labute approximate surface area is 459 Å². The number of benzene rings is 3. The summed E-state index contributed by atoms with van der Waals surface area (Å²) >= 11 is 7.88. The molecule has 0 bridgehead atoms. The third kappa shape index (κ3) is 15.3. The fourth-order valence-electron chi connectivity index (χ4n) is 10.8. The SMILES string of the molecule is Cc1ncsc1-c1ccc([C@H](C)NC[C@@H]2C[C@@H](OC(=O)[C@@H](C)CCCCN)CN2C(=O)[C@@H](NC(=O)COCCCCCNc2ccc(C(=O)NC3C(C)(C)C(Oc4ccc(C#N)c(Cl)c4)C3(C)C)cc2)C(C)(C)C)cc1. The maximum absolute atomic E-state index is 14.6. The summed E-state index contributed by atoms with van der Waals surface area (Å²) in [5, 5.41) is 22.9. The predicted octanol–water partition coefficient (Wildman–Crippen LogP) is 10.0. The van der Waals surface area contributed by atoms with Crippen molar-refractivity contribution >= 4 is 52.3 Å². The molecule has 2 fully saturated rings. The summed E-state index contributed by atoms with van der Waals surface area (Å²) in [5.74, 6) is -0.724. The number of carbonyl (C=O) groups excluding carboxylic acids is 4. The second-order valence-electron chi connectivity index (χ2n) is 22.9. The Bertz CT molecular complexity index is 2610. The molecule has 4 aromatic rings.